The number of nitrogens with zero attached hydrogens (tertiary/aromatic N) is 5. The molecule has 144 valence electrons. The Morgan fingerprint density at radius 3 is 2.59 bits per heavy atom. The van der Waals surface area contributed by atoms with Gasteiger partial charge < -0.3 is 19.9 Å². The van der Waals surface area contributed by atoms with E-state index in [0.29, 0.717) is 6.54 Å². The lowest BCUT2D eigenvalue weighted by atomic mass is 10.2. The second-order valence-electron chi connectivity index (χ2n) is 5.95. The quantitative estimate of drug-likeness (QED) is 0.636. The van der Waals surface area contributed by atoms with Gasteiger partial charge in [-0.2, -0.15) is 8.78 Å². The van der Waals surface area contributed by atoms with E-state index < -0.39 is 6.61 Å². The molecule has 1 aliphatic rings. The van der Waals surface area contributed by atoms with Crippen molar-refractivity contribution in [3.05, 3.63) is 48.3 Å². The van der Waals surface area contributed by atoms with Gasteiger partial charge in [0, 0.05) is 52.2 Å². The molecule has 0 spiro atoms. The van der Waals surface area contributed by atoms with E-state index in [-0.39, 0.29) is 5.75 Å². The first-order valence-corrected chi connectivity index (χ1v) is 8.67. The minimum Gasteiger partial charge on any atom is -0.435 e. The summed E-state index contributed by atoms with van der Waals surface area (Å²) in [6.45, 7) is 0.796. The maximum Gasteiger partial charge on any atom is 0.387 e. The summed E-state index contributed by atoms with van der Waals surface area (Å²) in [7, 11) is 1.73. The highest BCUT2D eigenvalue weighted by molar-refractivity contribution is 5.80. The average Bonchev–Trinajstić information content (AvgIpc) is 2.69. The van der Waals surface area contributed by atoms with Crippen molar-refractivity contribution < 1.29 is 13.5 Å². The highest BCUT2D eigenvalue weighted by Gasteiger charge is 2.21. The maximum atomic E-state index is 12.3. The Kier molecular flexibility index (Phi) is 6.35. The van der Waals surface area contributed by atoms with E-state index in [0.717, 1.165) is 43.7 Å². The van der Waals surface area contributed by atoms with Crippen molar-refractivity contribution in [2.24, 2.45) is 4.99 Å². The van der Waals surface area contributed by atoms with E-state index in [1.54, 1.807) is 37.6 Å². The van der Waals surface area contributed by atoms with Gasteiger partial charge in [-0.3, -0.25) is 4.99 Å². The van der Waals surface area contributed by atoms with Crippen LogP contribution >= 0.6 is 0 Å². The summed E-state index contributed by atoms with van der Waals surface area (Å²) in [5.74, 6) is 1.65. The van der Waals surface area contributed by atoms with E-state index >= 15 is 0 Å². The topological polar surface area (TPSA) is 65.9 Å². The maximum absolute atomic E-state index is 12.3. The van der Waals surface area contributed by atoms with Crippen molar-refractivity contribution in [1.29, 1.82) is 0 Å². The zero-order valence-electron chi connectivity index (χ0n) is 15.1. The van der Waals surface area contributed by atoms with Gasteiger partial charge in [-0.25, -0.2) is 9.97 Å². The number of anilines is 1. The Morgan fingerprint density at radius 1 is 1.19 bits per heavy atom. The molecule has 27 heavy (non-hydrogen) atoms. The smallest absolute Gasteiger partial charge is 0.387 e. The van der Waals surface area contributed by atoms with Crippen LogP contribution in [0.2, 0.25) is 0 Å². The van der Waals surface area contributed by atoms with Crippen LogP contribution in [-0.2, 0) is 6.54 Å². The second-order valence-corrected chi connectivity index (χ2v) is 5.95. The first-order valence-electron chi connectivity index (χ1n) is 8.67. The lowest BCUT2D eigenvalue weighted by Gasteiger charge is -2.36. The highest BCUT2D eigenvalue weighted by Crippen LogP contribution is 2.16. The number of hydrogen-bond donors (Lipinski definition) is 1. The number of nitrogens with one attached hydrogen (secondary N) is 1. The third-order valence-corrected chi connectivity index (χ3v) is 4.20. The van der Waals surface area contributed by atoms with Crippen LogP contribution in [0.5, 0.6) is 5.75 Å². The molecule has 3 rings (SSSR count). The number of ether oxygens (including phenoxy) is 1. The molecule has 1 aliphatic heterocycles. The summed E-state index contributed by atoms with van der Waals surface area (Å²) in [5.41, 5.74) is 0.839. The third kappa shape index (κ3) is 5.25. The number of piperazine rings is 1. The predicted octanol–water partition coefficient (Wildman–Crippen LogP) is 1.98. The molecule has 9 heteroatoms. The van der Waals surface area contributed by atoms with Crippen LogP contribution in [0.15, 0.2) is 47.7 Å². The van der Waals surface area contributed by atoms with Crippen molar-refractivity contribution in [2.75, 3.05) is 38.1 Å². The number of hydrogen-bond acceptors (Lipinski definition) is 5. The van der Waals surface area contributed by atoms with E-state index in [1.807, 2.05) is 6.07 Å². The van der Waals surface area contributed by atoms with E-state index in [9.17, 15) is 8.78 Å². The Morgan fingerprint density at radius 2 is 1.93 bits per heavy atom. The number of rotatable bonds is 5. The first kappa shape index (κ1) is 18.8. The number of aliphatic imine (C=N–C) groups is 1. The lowest BCUT2D eigenvalue weighted by molar-refractivity contribution is -0.0498. The van der Waals surface area contributed by atoms with Gasteiger partial charge in [0.05, 0.1) is 0 Å². The number of halogens is 2. The SMILES string of the molecule is CN=C(NCc1cccc(OC(F)F)c1)N1CCN(c2ncccn2)CC1. The van der Waals surface area contributed by atoms with E-state index in [4.69, 9.17) is 0 Å². The molecular formula is C18H22F2N6O. The Balaban J connectivity index is 1.53. The lowest BCUT2D eigenvalue weighted by Crippen LogP contribution is -2.52. The highest BCUT2D eigenvalue weighted by atomic mass is 19.3. The van der Waals surface area contributed by atoms with Crippen LogP contribution in [0.25, 0.3) is 0 Å². The molecule has 1 N–H and O–H groups in total. The third-order valence-electron chi connectivity index (χ3n) is 4.20. The van der Waals surface area contributed by atoms with Gasteiger partial charge >= 0.3 is 6.61 Å². The van der Waals surface area contributed by atoms with Crippen LogP contribution in [0.1, 0.15) is 5.56 Å². The molecule has 1 saturated heterocycles. The Hall–Kier alpha value is -2.97. The molecule has 0 radical (unpaired) electrons. The van der Waals surface area contributed by atoms with Gasteiger partial charge in [0.1, 0.15) is 5.75 Å². The molecule has 0 bridgehead atoms. The van der Waals surface area contributed by atoms with Gasteiger partial charge in [-0.15, -0.1) is 0 Å². The molecule has 0 aliphatic carbocycles. The Labute approximate surface area is 156 Å². The van der Waals surface area contributed by atoms with Crippen molar-refractivity contribution in [2.45, 2.75) is 13.2 Å². The van der Waals surface area contributed by atoms with Gasteiger partial charge in [-0.1, -0.05) is 12.1 Å². The van der Waals surface area contributed by atoms with Gasteiger partial charge in [0.2, 0.25) is 5.95 Å². The summed E-state index contributed by atoms with van der Waals surface area (Å²) in [6, 6.07) is 8.44. The predicted molar refractivity (Wildman–Crippen MR) is 99.1 cm³/mol. The van der Waals surface area contributed by atoms with E-state index in [1.165, 1.54) is 6.07 Å². The van der Waals surface area contributed by atoms with Crippen molar-refractivity contribution >= 4 is 11.9 Å². The molecule has 7 nitrogen and oxygen atoms in total. The zero-order valence-corrected chi connectivity index (χ0v) is 15.1. The zero-order chi connectivity index (χ0) is 19.1. The summed E-state index contributed by atoms with van der Waals surface area (Å²) < 4.78 is 29.1. The van der Waals surface area contributed by atoms with Crippen molar-refractivity contribution in [3.63, 3.8) is 0 Å². The minimum absolute atomic E-state index is 0.149. The average molecular weight is 376 g/mol. The molecule has 1 aromatic heterocycles. The van der Waals surface area contributed by atoms with Crippen LogP contribution in [0.3, 0.4) is 0 Å². The van der Waals surface area contributed by atoms with Crippen molar-refractivity contribution in [3.8, 4) is 5.75 Å². The normalized spacial score (nSPS) is 15.2. The molecule has 0 atom stereocenters. The largest absolute Gasteiger partial charge is 0.435 e. The van der Waals surface area contributed by atoms with Gasteiger partial charge in [0.15, 0.2) is 5.96 Å². The minimum atomic E-state index is -2.83. The number of alkyl halides is 2. The van der Waals surface area contributed by atoms with Gasteiger partial charge in [0.25, 0.3) is 0 Å². The molecular weight excluding hydrogens is 354 g/mol. The number of guanidine groups is 1. The molecule has 1 fully saturated rings. The molecule has 2 heterocycles. The summed E-state index contributed by atoms with van der Waals surface area (Å²) >= 11 is 0. The molecule has 2 aromatic rings. The first-order chi connectivity index (χ1) is 13.2. The molecule has 0 amide bonds. The molecule has 0 unspecified atom stereocenters. The van der Waals surface area contributed by atoms with Crippen LogP contribution in [-0.4, -0.2) is 60.7 Å². The fraction of sp³-hybridized carbons (Fsp3) is 0.389. The van der Waals surface area contributed by atoms with Crippen LogP contribution < -0.4 is 15.0 Å². The number of benzene rings is 1. The van der Waals surface area contributed by atoms with Crippen molar-refractivity contribution in [1.82, 2.24) is 20.2 Å². The fourth-order valence-corrected chi connectivity index (χ4v) is 2.92. The summed E-state index contributed by atoms with van der Waals surface area (Å²) in [6.07, 6.45) is 3.47. The Bertz CT molecular complexity index is 751. The van der Waals surface area contributed by atoms with Gasteiger partial charge in [-0.05, 0) is 23.8 Å². The molecule has 1 aromatic carbocycles. The van der Waals surface area contributed by atoms with Crippen LogP contribution in [0.4, 0.5) is 14.7 Å². The monoisotopic (exact) mass is 376 g/mol. The molecule has 0 saturated carbocycles. The van der Waals surface area contributed by atoms with Crippen LogP contribution in [0, 0.1) is 0 Å². The standard InChI is InChI=1S/C18H22F2N6O/c1-21-17(24-13-14-4-2-5-15(12-14)27-16(19)20)25-8-10-26(11-9-25)18-22-6-3-7-23-18/h2-7,12,16H,8-11,13H2,1H3,(H,21,24). The second kappa shape index (κ2) is 9.11. The summed E-state index contributed by atoms with van der Waals surface area (Å²) in [5, 5.41) is 3.27. The fourth-order valence-electron chi connectivity index (χ4n) is 2.92. The number of aromatic nitrogens is 2. The van der Waals surface area contributed by atoms with E-state index in [2.05, 4.69) is 34.8 Å². The summed E-state index contributed by atoms with van der Waals surface area (Å²) in [4.78, 5) is 17.2.